The van der Waals surface area contributed by atoms with E-state index < -0.39 is 0 Å². The molecule has 0 saturated carbocycles. The summed E-state index contributed by atoms with van der Waals surface area (Å²) in [6, 6.07) is 37.9. The zero-order valence-corrected chi connectivity index (χ0v) is 16.5. The summed E-state index contributed by atoms with van der Waals surface area (Å²) < 4.78 is 0. The van der Waals surface area contributed by atoms with Crippen molar-refractivity contribution in [1.29, 1.82) is 0 Å². The lowest BCUT2D eigenvalue weighted by molar-refractivity contribution is 1.09. The normalized spacial score (nSPS) is 13.1. The zero-order chi connectivity index (χ0) is 19.7. The molecule has 0 aliphatic carbocycles. The Morgan fingerprint density at radius 1 is 0.433 bits per heavy atom. The van der Waals surface area contributed by atoms with Gasteiger partial charge in [-0.1, -0.05) is 84.9 Å². The first kappa shape index (κ1) is 16.0. The third kappa shape index (κ3) is 2.07. The van der Waals surface area contributed by atoms with Gasteiger partial charge in [0.25, 0.3) is 0 Å². The quantitative estimate of drug-likeness (QED) is 0.261. The number of anilines is 3. The van der Waals surface area contributed by atoms with Crippen molar-refractivity contribution in [2.45, 2.75) is 6.42 Å². The van der Waals surface area contributed by atoms with Gasteiger partial charge in [-0.15, -0.1) is 0 Å². The summed E-state index contributed by atoms with van der Waals surface area (Å²) in [5, 5.41) is 7.96. The van der Waals surface area contributed by atoms with E-state index in [1.165, 1.54) is 60.5 Å². The second-order valence-electron chi connectivity index (χ2n) is 8.21. The molecule has 0 aromatic heterocycles. The van der Waals surface area contributed by atoms with Gasteiger partial charge in [0, 0.05) is 23.2 Å². The summed E-state index contributed by atoms with van der Waals surface area (Å²) in [4.78, 5) is 2.46. The number of para-hydroxylation sites is 2. The van der Waals surface area contributed by atoms with E-state index in [1.807, 2.05) is 0 Å². The van der Waals surface area contributed by atoms with Crippen LogP contribution in [0.4, 0.5) is 17.1 Å². The van der Waals surface area contributed by atoms with Crippen LogP contribution in [0.5, 0.6) is 0 Å². The predicted molar refractivity (Wildman–Crippen MR) is 128 cm³/mol. The standard InChI is InChI=1S/C29H19N/c1-3-10-25-22(6-1)18-23-7-2-4-11-26(23)30(25)27-17-15-21-13-12-19-8-5-9-20-14-16-24(27)29(21)28(19)20/h1-17H,18H2. The molecule has 0 spiro atoms. The fraction of sp³-hybridized carbons (Fsp3) is 0.0345. The van der Waals surface area contributed by atoms with Crippen LogP contribution in [0, 0.1) is 0 Å². The molecule has 6 aromatic rings. The van der Waals surface area contributed by atoms with E-state index in [2.05, 4.69) is 108 Å². The molecule has 6 aromatic carbocycles. The lowest BCUT2D eigenvalue weighted by Gasteiger charge is -2.34. The van der Waals surface area contributed by atoms with Gasteiger partial charge in [0.15, 0.2) is 0 Å². The van der Waals surface area contributed by atoms with Crippen molar-refractivity contribution < 1.29 is 0 Å². The summed E-state index contributed by atoms with van der Waals surface area (Å²) in [7, 11) is 0. The number of fused-ring (bicyclic) bond motifs is 2. The molecule has 1 heteroatoms. The monoisotopic (exact) mass is 381 g/mol. The zero-order valence-electron chi connectivity index (χ0n) is 16.5. The minimum absolute atomic E-state index is 0.981. The molecule has 0 N–H and O–H groups in total. The van der Waals surface area contributed by atoms with E-state index in [9.17, 15) is 0 Å². The largest absolute Gasteiger partial charge is 0.309 e. The highest BCUT2D eigenvalue weighted by Gasteiger charge is 2.25. The highest BCUT2D eigenvalue weighted by molar-refractivity contribution is 6.25. The molecule has 140 valence electrons. The Balaban J connectivity index is 1.62. The summed E-state index contributed by atoms with van der Waals surface area (Å²) in [5.74, 6) is 0. The van der Waals surface area contributed by atoms with Crippen molar-refractivity contribution in [2.24, 2.45) is 0 Å². The Bertz CT molecular complexity index is 1520. The van der Waals surface area contributed by atoms with Gasteiger partial charge >= 0.3 is 0 Å². The first-order valence-electron chi connectivity index (χ1n) is 10.5. The van der Waals surface area contributed by atoms with Crippen molar-refractivity contribution in [3.63, 3.8) is 0 Å². The van der Waals surface area contributed by atoms with Crippen molar-refractivity contribution in [3.05, 3.63) is 114 Å². The Morgan fingerprint density at radius 3 is 1.70 bits per heavy atom. The average Bonchev–Trinajstić information content (AvgIpc) is 2.81. The van der Waals surface area contributed by atoms with Crippen molar-refractivity contribution in [2.75, 3.05) is 4.90 Å². The summed E-state index contributed by atoms with van der Waals surface area (Å²) in [6.07, 6.45) is 0.981. The molecule has 0 saturated heterocycles. The van der Waals surface area contributed by atoms with Gasteiger partial charge < -0.3 is 4.90 Å². The maximum Gasteiger partial charge on any atom is 0.0540 e. The van der Waals surface area contributed by atoms with Crippen LogP contribution in [-0.2, 0) is 6.42 Å². The van der Waals surface area contributed by atoms with Crippen LogP contribution in [0.15, 0.2) is 103 Å². The highest BCUT2D eigenvalue weighted by atomic mass is 15.2. The number of benzene rings is 6. The van der Waals surface area contributed by atoms with Gasteiger partial charge in [0.05, 0.1) is 5.69 Å². The fourth-order valence-corrected chi connectivity index (χ4v) is 5.27. The molecule has 0 unspecified atom stereocenters. The maximum absolute atomic E-state index is 2.46. The van der Waals surface area contributed by atoms with E-state index in [-0.39, 0.29) is 0 Å². The van der Waals surface area contributed by atoms with E-state index in [4.69, 9.17) is 0 Å². The Hall–Kier alpha value is -3.84. The van der Waals surface area contributed by atoms with E-state index in [0.717, 1.165) is 6.42 Å². The minimum atomic E-state index is 0.981. The summed E-state index contributed by atoms with van der Waals surface area (Å²) in [5.41, 5.74) is 6.57. The van der Waals surface area contributed by atoms with Crippen molar-refractivity contribution >= 4 is 49.4 Å². The molecular formula is C29H19N. The second-order valence-corrected chi connectivity index (χ2v) is 8.21. The molecule has 0 fully saturated rings. The molecule has 30 heavy (non-hydrogen) atoms. The van der Waals surface area contributed by atoms with Crippen LogP contribution in [0.3, 0.4) is 0 Å². The van der Waals surface area contributed by atoms with Crippen LogP contribution < -0.4 is 4.90 Å². The van der Waals surface area contributed by atoms with Crippen molar-refractivity contribution in [3.8, 4) is 0 Å². The first-order chi connectivity index (χ1) is 14.9. The predicted octanol–water partition coefficient (Wildman–Crippen LogP) is 7.96. The SMILES string of the molecule is c1ccc2c(c1)Cc1ccccc1N2c1ccc2ccc3cccc4ccc1c2c34. The topological polar surface area (TPSA) is 3.24 Å². The number of hydrogen-bond donors (Lipinski definition) is 0. The van der Waals surface area contributed by atoms with Crippen LogP contribution in [0.1, 0.15) is 11.1 Å². The third-order valence-electron chi connectivity index (χ3n) is 6.59. The highest BCUT2D eigenvalue weighted by Crippen LogP contribution is 2.47. The molecule has 0 radical (unpaired) electrons. The van der Waals surface area contributed by atoms with Gasteiger partial charge in [-0.3, -0.25) is 0 Å². The molecular weight excluding hydrogens is 362 g/mol. The first-order valence-corrected chi connectivity index (χ1v) is 10.5. The Morgan fingerprint density at radius 2 is 1.00 bits per heavy atom. The molecule has 1 aliphatic heterocycles. The lowest BCUT2D eigenvalue weighted by atomic mass is 9.91. The Kier molecular flexibility index (Phi) is 3.12. The number of rotatable bonds is 1. The van der Waals surface area contributed by atoms with Crippen LogP contribution in [0.2, 0.25) is 0 Å². The molecule has 7 rings (SSSR count). The van der Waals surface area contributed by atoms with Gasteiger partial charge in [-0.25, -0.2) is 0 Å². The summed E-state index contributed by atoms with van der Waals surface area (Å²) in [6.45, 7) is 0. The van der Waals surface area contributed by atoms with Gasteiger partial charge in [-0.05, 0) is 56.3 Å². The Labute approximate surface area is 175 Å². The molecule has 1 aliphatic rings. The van der Waals surface area contributed by atoms with Crippen LogP contribution in [0.25, 0.3) is 32.3 Å². The smallest absolute Gasteiger partial charge is 0.0540 e. The van der Waals surface area contributed by atoms with E-state index in [1.54, 1.807) is 0 Å². The van der Waals surface area contributed by atoms with Crippen molar-refractivity contribution in [1.82, 2.24) is 0 Å². The van der Waals surface area contributed by atoms with Gasteiger partial charge in [0.2, 0.25) is 0 Å². The average molecular weight is 381 g/mol. The molecule has 0 amide bonds. The third-order valence-corrected chi connectivity index (χ3v) is 6.59. The van der Waals surface area contributed by atoms with Crippen LogP contribution >= 0.6 is 0 Å². The second kappa shape index (κ2) is 5.84. The van der Waals surface area contributed by atoms with Crippen LogP contribution in [-0.4, -0.2) is 0 Å². The fourth-order valence-electron chi connectivity index (χ4n) is 5.27. The van der Waals surface area contributed by atoms with E-state index >= 15 is 0 Å². The number of hydrogen-bond acceptors (Lipinski definition) is 1. The maximum atomic E-state index is 2.46. The number of nitrogens with zero attached hydrogens (tertiary/aromatic N) is 1. The minimum Gasteiger partial charge on any atom is -0.309 e. The molecule has 1 heterocycles. The molecule has 0 atom stereocenters. The van der Waals surface area contributed by atoms with Gasteiger partial charge in [0.1, 0.15) is 0 Å². The molecule has 1 nitrogen and oxygen atoms in total. The van der Waals surface area contributed by atoms with E-state index in [0.29, 0.717) is 0 Å². The summed E-state index contributed by atoms with van der Waals surface area (Å²) >= 11 is 0. The molecule has 0 bridgehead atoms. The van der Waals surface area contributed by atoms with Gasteiger partial charge in [-0.2, -0.15) is 0 Å². The lowest BCUT2D eigenvalue weighted by Crippen LogP contribution is -2.18.